The van der Waals surface area contributed by atoms with Crippen LogP contribution < -0.4 is 10.1 Å². The number of nitriles is 1. The Bertz CT molecular complexity index is 1090. The molecule has 0 radical (unpaired) electrons. The quantitative estimate of drug-likeness (QED) is 0.420. The van der Waals surface area contributed by atoms with E-state index in [9.17, 15) is 10.1 Å². The van der Waals surface area contributed by atoms with Crippen LogP contribution in [0.1, 0.15) is 16.7 Å². The molecule has 0 aliphatic carbocycles. The van der Waals surface area contributed by atoms with Crippen LogP contribution in [0.4, 0.5) is 5.69 Å². The van der Waals surface area contributed by atoms with Gasteiger partial charge in [0.1, 0.15) is 24.0 Å². The summed E-state index contributed by atoms with van der Waals surface area (Å²) in [7, 11) is 0. The second-order valence-electron chi connectivity index (χ2n) is 6.38. The topological polar surface area (TPSA) is 62.1 Å². The van der Waals surface area contributed by atoms with E-state index in [1.165, 1.54) is 6.08 Å². The number of nitrogens with zero attached hydrogens (tertiary/aromatic N) is 1. The van der Waals surface area contributed by atoms with Gasteiger partial charge in [0.2, 0.25) is 0 Å². The molecule has 0 unspecified atom stereocenters. The normalized spacial score (nSPS) is 10.9. The second-order valence-corrected chi connectivity index (χ2v) is 6.79. The fourth-order valence-electron chi connectivity index (χ4n) is 2.68. The maximum Gasteiger partial charge on any atom is 0.266 e. The summed E-state index contributed by atoms with van der Waals surface area (Å²) >= 11 is 6.09. The summed E-state index contributed by atoms with van der Waals surface area (Å²) in [5, 5.41) is 12.7. The van der Waals surface area contributed by atoms with Crippen molar-refractivity contribution in [1.29, 1.82) is 5.26 Å². The van der Waals surface area contributed by atoms with Gasteiger partial charge in [-0.15, -0.1) is 0 Å². The molecule has 0 bridgehead atoms. The van der Waals surface area contributed by atoms with Crippen molar-refractivity contribution in [3.05, 3.63) is 100 Å². The first-order chi connectivity index (χ1) is 14.1. The van der Waals surface area contributed by atoms with E-state index in [-0.39, 0.29) is 5.57 Å². The van der Waals surface area contributed by atoms with E-state index in [0.29, 0.717) is 28.6 Å². The number of carbonyl (C=O) groups excluding carboxylic acids is 1. The number of halogens is 1. The lowest BCUT2D eigenvalue weighted by atomic mass is 10.1. The minimum atomic E-state index is -0.492. The Balaban J connectivity index is 1.74. The third kappa shape index (κ3) is 5.47. The Kier molecular flexibility index (Phi) is 6.67. The molecular formula is C24H19ClN2O2. The first kappa shape index (κ1) is 20.2. The molecule has 144 valence electrons. The molecule has 3 aromatic rings. The summed E-state index contributed by atoms with van der Waals surface area (Å²) in [5.74, 6) is 0.166. The summed E-state index contributed by atoms with van der Waals surface area (Å²) in [6.45, 7) is 2.24. The zero-order valence-electron chi connectivity index (χ0n) is 15.9. The van der Waals surface area contributed by atoms with Gasteiger partial charge in [0, 0.05) is 10.7 Å². The third-order valence-electron chi connectivity index (χ3n) is 4.30. The summed E-state index contributed by atoms with van der Waals surface area (Å²) in [5.41, 5.74) is 3.07. The predicted octanol–water partition coefficient (Wildman–Crippen LogP) is 5.77. The molecule has 5 heteroatoms. The van der Waals surface area contributed by atoms with E-state index < -0.39 is 5.91 Å². The Morgan fingerprint density at radius 3 is 2.62 bits per heavy atom. The van der Waals surface area contributed by atoms with Crippen molar-refractivity contribution in [2.24, 2.45) is 0 Å². The van der Waals surface area contributed by atoms with Gasteiger partial charge in [0.25, 0.3) is 5.91 Å². The van der Waals surface area contributed by atoms with Gasteiger partial charge >= 0.3 is 0 Å². The van der Waals surface area contributed by atoms with Gasteiger partial charge in [-0.05, 0) is 54.0 Å². The minimum absolute atomic E-state index is 0.00964. The van der Waals surface area contributed by atoms with E-state index in [4.69, 9.17) is 16.3 Å². The molecule has 1 N–H and O–H groups in total. The molecule has 0 aliphatic rings. The van der Waals surface area contributed by atoms with Crippen LogP contribution in [-0.2, 0) is 11.4 Å². The SMILES string of the molecule is Cc1c(Cl)cccc1NC(=O)/C(C#N)=C/c1cccc(OCc2ccccc2)c1. The molecule has 0 spiro atoms. The lowest BCUT2D eigenvalue weighted by molar-refractivity contribution is -0.112. The highest BCUT2D eigenvalue weighted by Gasteiger charge is 2.12. The molecule has 29 heavy (non-hydrogen) atoms. The lowest BCUT2D eigenvalue weighted by Crippen LogP contribution is -2.14. The van der Waals surface area contributed by atoms with E-state index in [1.807, 2.05) is 54.6 Å². The fourth-order valence-corrected chi connectivity index (χ4v) is 2.86. The molecule has 3 aromatic carbocycles. The Labute approximate surface area is 175 Å². The number of ether oxygens (including phenoxy) is 1. The average molecular weight is 403 g/mol. The molecule has 0 saturated heterocycles. The van der Waals surface area contributed by atoms with Crippen molar-refractivity contribution >= 4 is 29.3 Å². The number of rotatable bonds is 6. The molecule has 4 nitrogen and oxygen atoms in total. The van der Waals surface area contributed by atoms with Crippen molar-refractivity contribution < 1.29 is 9.53 Å². The van der Waals surface area contributed by atoms with Crippen LogP contribution in [0.3, 0.4) is 0 Å². The van der Waals surface area contributed by atoms with Crippen LogP contribution in [-0.4, -0.2) is 5.91 Å². The van der Waals surface area contributed by atoms with Gasteiger partial charge in [-0.25, -0.2) is 0 Å². The van der Waals surface area contributed by atoms with E-state index in [0.717, 1.165) is 11.1 Å². The fraction of sp³-hybridized carbons (Fsp3) is 0.0833. The zero-order valence-corrected chi connectivity index (χ0v) is 16.6. The van der Waals surface area contributed by atoms with Crippen molar-refractivity contribution in [2.45, 2.75) is 13.5 Å². The highest BCUT2D eigenvalue weighted by Crippen LogP contribution is 2.24. The first-order valence-corrected chi connectivity index (χ1v) is 9.39. The average Bonchev–Trinajstić information content (AvgIpc) is 2.75. The smallest absolute Gasteiger partial charge is 0.266 e. The van der Waals surface area contributed by atoms with Gasteiger partial charge < -0.3 is 10.1 Å². The molecular weight excluding hydrogens is 384 g/mol. The van der Waals surface area contributed by atoms with E-state index in [1.54, 1.807) is 31.2 Å². The number of hydrogen-bond acceptors (Lipinski definition) is 3. The number of amides is 1. The van der Waals surface area contributed by atoms with E-state index in [2.05, 4.69) is 5.32 Å². The van der Waals surface area contributed by atoms with Gasteiger partial charge in [0.05, 0.1) is 0 Å². The van der Waals surface area contributed by atoms with E-state index >= 15 is 0 Å². The largest absolute Gasteiger partial charge is 0.489 e. The first-order valence-electron chi connectivity index (χ1n) is 9.02. The van der Waals surface area contributed by atoms with Crippen LogP contribution >= 0.6 is 11.6 Å². The second kappa shape index (κ2) is 9.59. The van der Waals surface area contributed by atoms with Crippen molar-refractivity contribution in [1.82, 2.24) is 0 Å². The van der Waals surface area contributed by atoms with Gasteiger partial charge in [-0.1, -0.05) is 60.1 Å². The highest BCUT2D eigenvalue weighted by molar-refractivity contribution is 6.31. The summed E-state index contributed by atoms with van der Waals surface area (Å²) in [4.78, 5) is 12.5. The summed E-state index contributed by atoms with van der Waals surface area (Å²) < 4.78 is 5.81. The molecule has 0 atom stereocenters. The molecule has 0 fully saturated rings. The maximum atomic E-state index is 12.5. The number of anilines is 1. The molecule has 0 saturated carbocycles. The van der Waals surface area contributed by atoms with Crippen molar-refractivity contribution in [3.63, 3.8) is 0 Å². The predicted molar refractivity (Wildman–Crippen MR) is 116 cm³/mol. The third-order valence-corrected chi connectivity index (χ3v) is 4.71. The number of carbonyl (C=O) groups is 1. The van der Waals surface area contributed by atoms with Crippen molar-refractivity contribution in [2.75, 3.05) is 5.32 Å². The molecule has 0 aromatic heterocycles. The molecule has 1 amide bonds. The number of nitrogens with one attached hydrogen (secondary N) is 1. The molecule has 0 heterocycles. The summed E-state index contributed by atoms with van der Waals surface area (Å²) in [6.07, 6.45) is 1.53. The van der Waals surface area contributed by atoms with Crippen LogP contribution in [0.5, 0.6) is 5.75 Å². The highest BCUT2D eigenvalue weighted by atomic mass is 35.5. The minimum Gasteiger partial charge on any atom is -0.489 e. The van der Waals surface area contributed by atoms with Crippen LogP contribution in [0.2, 0.25) is 5.02 Å². The Hall–Kier alpha value is -3.55. The summed E-state index contributed by atoms with van der Waals surface area (Å²) in [6, 6.07) is 24.3. The molecule has 0 aliphatic heterocycles. The monoisotopic (exact) mass is 402 g/mol. The van der Waals surface area contributed by atoms with Gasteiger partial charge in [-0.3, -0.25) is 4.79 Å². The van der Waals surface area contributed by atoms with Crippen molar-refractivity contribution in [3.8, 4) is 11.8 Å². The number of hydrogen-bond donors (Lipinski definition) is 1. The van der Waals surface area contributed by atoms with Crippen LogP contribution in [0.25, 0.3) is 6.08 Å². The molecule has 3 rings (SSSR count). The van der Waals surface area contributed by atoms with Crippen LogP contribution in [0.15, 0.2) is 78.4 Å². The zero-order chi connectivity index (χ0) is 20.6. The Morgan fingerprint density at radius 2 is 1.86 bits per heavy atom. The Morgan fingerprint density at radius 1 is 1.10 bits per heavy atom. The van der Waals surface area contributed by atoms with Gasteiger partial charge in [0.15, 0.2) is 0 Å². The maximum absolute atomic E-state index is 12.5. The van der Waals surface area contributed by atoms with Crippen LogP contribution in [0, 0.1) is 18.3 Å². The van der Waals surface area contributed by atoms with Gasteiger partial charge in [-0.2, -0.15) is 5.26 Å². The lowest BCUT2D eigenvalue weighted by Gasteiger charge is -2.09. The number of benzene rings is 3. The standard InChI is InChI=1S/C24H19ClN2O2/c1-17-22(25)11-6-12-23(17)27-24(28)20(15-26)13-19-9-5-10-21(14-19)29-16-18-7-3-2-4-8-18/h2-14H,16H2,1H3,(H,27,28)/b20-13+.